The molecule has 1 aromatic heterocycles. The standard InChI is InChI=1S/C22H25F2N3.C2H7N.C2H6/c1-5-6-7-12-26(3)18-8-10-20-16(14-18)13-17-15-19(9-11-21(17)25-20)27(4)22(2,23)24;1-3-2;1-2/h5,8-11,13-15H,1,6-7,12H2,2-4H3;3H,1-2H3;1-2H3. The summed E-state index contributed by atoms with van der Waals surface area (Å²) in [5, 5.41) is 4.60. The number of hydrogen-bond donors (Lipinski definition) is 1. The number of rotatable bonds is 7. The van der Waals surface area contributed by atoms with E-state index in [1.54, 1.807) is 18.2 Å². The van der Waals surface area contributed by atoms with Crippen molar-refractivity contribution in [1.82, 2.24) is 10.3 Å². The molecule has 3 rings (SSSR count). The number of fused-ring (bicyclic) bond motifs is 2. The number of nitrogens with one attached hydrogen (secondary N) is 1. The highest BCUT2D eigenvalue weighted by molar-refractivity contribution is 5.95. The second-order valence-electron chi connectivity index (χ2n) is 7.50. The number of hydrogen-bond acceptors (Lipinski definition) is 4. The van der Waals surface area contributed by atoms with Crippen molar-refractivity contribution in [2.24, 2.45) is 0 Å². The largest absolute Gasteiger partial charge is 0.375 e. The molecule has 0 saturated carbocycles. The lowest BCUT2D eigenvalue weighted by Crippen LogP contribution is -2.35. The van der Waals surface area contributed by atoms with Gasteiger partial charge in [0.15, 0.2) is 0 Å². The van der Waals surface area contributed by atoms with Crippen LogP contribution in [0.4, 0.5) is 20.2 Å². The van der Waals surface area contributed by atoms with Gasteiger partial charge < -0.3 is 15.1 Å². The van der Waals surface area contributed by atoms with Gasteiger partial charge in [0.25, 0.3) is 0 Å². The lowest BCUT2D eigenvalue weighted by atomic mass is 10.1. The average molecular weight is 445 g/mol. The molecule has 0 radical (unpaired) electrons. The van der Waals surface area contributed by atoms with Crippen LogP contribution < -0.4 is 15.1 Å². The Morgan fingerprint density at radius 1 is 0.969 bits per heavy atom. The Hall–Kier alpha value is -2.73. The quantitative estimate of drug-likeness (QED) is 0.190. The summed E-state index contributed by atoms with van der Waals surface area (Å²) < 4.78 is 27.2. The first-order valence-electron chi connectivity index (χ1n) is 11.1. The molecule has 0 aliphatic carbocycles. The van der Waals surface area contributed by atoms with Crippen LogP contribution in [0.5, 0.6) is 0 Å². The van der Waals surface area contributed by atoms with Gasteiger partial charge in [-0.05, 0) is 69.4 Å². The number of nitrogens with zero attached hydrogens (tertiary/aromatic N) is 3. The minimum atomic E-state index is -2.92. The highest BCUT2D eigenvalue weighted by atomic mass is 19.3. The minimum absolute atomic E-state index is 0.467. The van der Waals surface area contributed by atoms with Crippen molar-refractivity contribution >= 4 is 33.2 Å². The molecule has 3 aromatic rings. The van der Waals surface area contributed by atoms with E-state index in [-0.39, 0.29) is 0 Å². The maximum Gasteiger partial charge on any atom is 0.322 e. The Labute approximate surface area is 191 Å². The van der Waals surface area contributed by atoms with Gasteiger partial charge in [0, 0.05) is 49.7 Å². The first-order valence-corrected chi connectivity index (χ1v) is 11.1. The predicted octanol–water partition coefficient (Wildman–Crippen LogP) is 6.70. The molecule has 0 bridgehead atoms. The zero-order valence-corrected chi connectivity index (χ0v) is 20.5. The van der Waals surface area contributed by atoms with Gasteiger partial charge in [-0.2, -0.15) is 8.78 Å². The van der Waals surface area contributed by atoms with E-state index in [9.17, 15) is 8.78 Å². The highest BCUT2D eigenvalue weighted by Gasteiger charge is 2.27. The van der Waals surface area contributed by atoms with Crippen LogP contribution in [0.1, 0.15) is 33.6 Å². The van der Waals surface area contributed by atoms with Crippen LogP contribution >= 0.6 is 0 Å². The summed E-state index contributed by atoms with van der Waals surface area (Å²) in [4.78, 5) is 7.85. The zero-order valence-electron chi connectivity index (χ0n) is 20.5. The molecule has 0 unspecified atom stereocenters. The summed E-state index contributed by atoms with van der Waals surface area (Å²) in [6, 6.07) is 10.5. The Bertz CT molecular complexity index is 983. The maximum atomic E-state index is 13.6. The smallest absolute Gasteiger partial charge is 0.322 e. The van der Waals surface area contributed by atoms with Crippen molar-refractivity contribution in [2.45, 2.75) is 39.7 Å². The maximum absolute atomic E-state index is 13.6. The van der Waals surface area contributed by atoms with Crippen LogP contribution in [-0.2, 0) is 0 Å². The summed E-state index contributed by atoms with van der Waals surface area (Å²) >= 11 is 0. The normalized spacial score (nSPS) is 10.7. The molecule has 0 spiro atoms. The van der Waals surface area contributed by atoms with E-state index < -0.39 is 6.05 Å². The first kappa shape index (κ1) is 27.3. The monoisotopic (exact) mass is 444 g/mol. The SMILES string of the molecule is C=CCCCN(C)c1ccc2nc3ccc(N(C)C(C)(F)F)cc3cc2c1.CC.CNC. The molecule has 2 aromatic carbocycles. The number of pyridine rings is 1. The number of allylic oxidation sites excluding steroid dienone is 1. The van der Waals surface area contributed by atoms with Crippen LogP contribution in [0.25, 0.3) is 21.8 Å². The van der Waals surface area contributed by atoms with Gasteiger partial charge in [0.2, 0.25) is 0 Å². The topological polar surface area (TPSA) is 31.4 Å². The minimum Gasteiger partial charge on any atom is -0.375 e. The van der Waals surface area contributed by atoms with Crippen LogP contribution in [0, 0.1) is 0 Å². The number of anilines is 2. The molecule has 0 aliphatic heterocycles. The molecule has 1 N–H and O–H groups in total. The molecule has 6 heteroatoms. The molecule has 176 valence electrons. The van der Waals surface area contributed by atoms with Gasteiger partial charge in [-0.25, -0.2) is 4.98 Å². The second-order valence-corrected chi connectivity index (χ2v) is 7.50. The van der Waals surface area contributed by atoms with E-state index in [1.165, 1.54) is 7.05 Å². The third kappa shape index (κ3) is 7.45. The average Bonchev–Trinajstić information content (AvgIpc) is 2.77. The van der Waals surface area contributed by atoms with Gasteiger partial charge in [0.05, 0.1) is 11.0 Å². The van der Waals surface area contributed by atoms with Crippen molar-refractivity contribution in [3.63, 3.8) is 0 Å². The van der Waals surface area contributed by atoms with Crippen LogP contribution in [-0.4, -0.2) is 45.8 Å². The third-order valence-electron chi connectivity index (χ3n) is 4.89. The van der Waals surface area contributed by atoms with Crippen molar-refractivity contribution in [1.29, 1.82) is 0 Å². The Morgan fingerprint density at radius 3 is 1.97 bits per heavy atom. The number of unbranched alkanes of at least 4 members (excludes halogenated alkanes) is 1. The van der Waals surface area contributed by atoms with E-state index in [0.29, 0.717) is 5.69 Å². The molecule has 0 atom stereocenters. The van der Waals surface area contributed by atoms with E-state index in [1.807, 2.05) is 46.2 Å². The van der Waals surface area contributed by atoms with Crippen molar-refractivity contribution in [2.75, 3.05) is 44.5 Å². The predicted molar refractivity (Wildman–Crippen MR) is 137 cm³/mol. The number of alkyl halides is 2. The molecule has 4 nitrogen and oxygen atoms in total. The van der Waals surface area contributed by atoms with Gasteiger partial charge in [0.1, 0.15) is 0 Å². The number of benzene rings is 2. The summed E-state index contributed by atoms with van der Waals surface area (Å²) in [6.07, 6.45) is 3.97. The summed E-state index contributed by atoms with van der Waals surface area (Å²) in [5.41, 5.74) is 3.27. The molecule has 1 heterocycles. The Morgan fingerprint density at radius 2 is 1.47 bits per heavy atom. The molecular formula is C26H38F2N4. The van der Waals surface area contributed by atoms with E-state index in [0.717, 1.165) is 58.7 Å². The summed E-state index contributed by atoms with van der Waals surface area (Å²) in [6.45, 7) is 9.59. The highest BCUT2D eigenvalue weighted by Crippen LogP contribution is 2.30. The fraction of sp³-hybridized carbons (Fsp3) is 0.423. The van der Waals surface area contributed by atoms with Gasteiger partial charge in [-0.15, -0.1) is 6.58 Å². The molecule has 0 fully saturated rings. The molecule has 0 aliphatic rings. The lowest BCUT2D eigenvalue weighted by molar-refractivity contribution is 0.0236. The van der Waals surface area contributed by atoms with Crippen molar-refractivity contribution in [3.8, 4) is 0 Å². The van der Waals surface area contributed by atoms with Gasteiger partial charge >= 0.3 is 6.05 Å². The van der Waals surface area contributed by atoms with Crippen LogP contribution in [0.15, 0.2) is 55.1 Å². The van der Waals surface area contributed by atoms with Crippen LogP contribution in [0.2, 0.25) is 0 Å². The fourth-order valence-electron chi connectivity index (χ4n) is 3.09. The Kier molecular flexibility index (Phi) is 11.1. The van der Waals surface area contributed by atoms with E-state index in [4.69, 9.17) is 0 Å². The van der Waals surface area contributed by atoms with Gasteiger partial charge in [-0.3, -0.25) is 0 Å². The zero-order chi connectivity index (χ0) is 24.3. The third-order valence-corrected chi connectivity index (χ3v) is 4.89. The van der Waals surface area contributed by atoms with Crippen molar-refractivity contribution < 1.29 is 8.78 Å². The lowest BCUT2D eigenvalue weighted by Gasteiger charge is -2.26. The number of halogens is 2. The molecular weight excluding hydrogens is 406 g/mol. The molecule has 0 saturated heterocycles. The Balaban J connectivity index is 0.000000944. The molecule has 0 amide bonds. The summed E-state index contributed by atoms with van der Waals surface area (Å²) in [5.74, 6) is 0. The summed E-state index contributed by atoms with van der Waals surface area (Å²) in [7, 11) is 7.21. The number of aromatic nitrogens is 1. The van der Waals surface area contributed by atoms with E-state index in [2.05, 4.69) is 41.0 Å². The van der Waals surface area contributed by atoms with Crippen molar-refractivity contribution in [3.05, 3.63) is 55.1 Å². The second kappa shape index (κ2) is 13.0. The first-order chi connectivity index (χ1) is 15.2. The van der Waals surface area contributed by atoms with Crippen LogP contribution in [0.3, 0.4) is 0 Å². The van der Waals surface area contributed by atoms with E-state index >= 15 is 0 Å². The fourth-order valence-corrected chi connectivity index (χ4v) is 3.09. The molecule has 32 heavy (non-hydrogen) atoms. The van der Waals surface area contributed by atoms with Gasteiger partial charge in [-0.1, -0.05) is 19.9 Å².